The van der Waals surface area contributed by atoms with Crippen LogP contribution in [0.5, 0.6) is 0 Å². The number of hydrogen-bond donors (Lipinski definition) is 1. The highest BCUT2D eigenvalue weighted by molar-refractivity contribution is 5.92. The number of aryl methyl sites for hydroxylation is 1. The van der Waals surface area contributed by atoms with E-state index in [1.54, 1.807) is 19.2 Å². The van der Waals surface area contributed by atoms with Crippen LogP contribution in [0.25, 0.3) is 5.69 Å². The van der Waals surface area contributed by atoms with Gasteiger partial charge in [0.15, 0.2) is 5.69 Å². The van der Waals surface area contributed by atoms with E-state index in [0.29, 0.717) is 12.2 Å². The molecule has 7 heteroatoms. The minimum atomic E-state index is -0.309. The van der Waals surface area contributed by atoms with Gasteiger partial charge in [-0.15, -0.1) is 5.10 Å². The molecule has 4 rings (SSSR count). The van der Waals surface area contributed by atoms with Gasteiger partial charge in [-0.2, -0.15) is 0 Å². The van der Waals surface area contributed by atoms with E-state index in [1.807, 2.05) is 14.1 Å². The van der Waals surface area contributed by atoms with Crippen molar-refractivity contribution in [2.45, 2.75) is 25.3 Å². The van der Waals surface area contributed by atoms with Crippen LogP contribution in [0.3, 0.4) is 0 Å². The van der Waals surface area contributed by atoms with Crippen molar-refractivity contribution in [2.24, 2.45) is 0 Å². The Hall–Kier alpha value is -3.06. The first-order chi connectivity index (χ1) is 13.9. The van der Waals surface area contributed by atoms with Crippen LogP contribution in [0.15, 0.2) is 48.7 Å². The Bertz CT molecular complexity index is 1030. The second-order valence-corrected chi connectivity index (χ2v) is 7.90. The number of nitrogens with zero attached hydrogens (tertiary/aromatic N) is 4. The zero-order valence-electron chi connectivity index (χ0n) is 16.8. The van der Waals surface area contributed by atoms with Gasteiger partial charge in [-0.25, -0.2) is 9.07 Å². The van der Waals surface area contributed by atoms with E-state index >= 15 is 0 Å². The lowest BCUT2D eigenvalue weighted by atomic mass is 9.94. The summed E-state index contributed by atoms with van der Waals surface area (Å²) in [6.45, 7) is 2.30. The summed E-state index contributed by atoms with van der Waals surface area (Å²) in [6, 6.07) is 12.8. The van der Waals surface area contributed by atoms with E-state index in [4.69, 9.17) is 0 Å². The van der Waals surface area contributed by atoms with Crippen LogP contribution in [-0.4, -0.2) is 52.0 Å². The summed E-state index contributed by atoms with van der Waals surface area (Å²) in [5.41, 5.74) is 4.13. The molecular weight excluding hydrogens is 369 g/mol. The van der Waals surface area contributed by atoms with Gasteiger partial charge in [-0.1, -0.05) is 29.5 Å². The van der Waals surface area contributed by atoms with Crippen molar-refractivity contribution in [3.05, 3.63) is 76.9 Å². The second kappa shape index (κ2) is 7.40. The Morgan fingerprint density at radius 1 is 1.21 bits per heavy atom. The number of fused-ring (bicyclic) bond motifs is 1. The largest absolute Gasteiger partial charge is 0.349 e. The number of benzene rings is 2. The molecule has 1 amide bonds. The lowest BCUT2D eigenvalue weighted by Crippen LogP contribution is -2.53. The molecule has 1 heterocycles. The number of nitrogens with one attached hydrogen (secondary N) is 1. The standard InChI is InChI=1S/C22H24FN5O/c1-15-10-18(23)8-9-20(15)28-13-19(25-26-28)21(29)24-14-22(27(2)3)11-16-6-4-5-7-17(16)12-22/h4-10,13H,11-12,14H2,1-3H3,(H,24,29). The molecule has 1 N–H and O–H groups in total. The summed E-state index contributed by atoms with van der Waals surface area (Å²) < 4.78 is 14.8. The lowest BCUT2D eigenvalue weighted by molar-refractivity contribution is 0.0898. The Morgan fingerprint density at radius 3 is 2.52 bits per heavy atom. The van der Waals surface area contributed by atoms with Gasteiger partial charge in [0.25, 0.3) is 5.91 Å². The lowest BCUT2D eigenvalue weighted by Gasteiger charge is -2.36. The van der Waals surface area contributed by atoms with Crippen LogP contribution in [0, 0.1) is 12.7 Å². The van der Waals surface area contributed by atoms with Gasteiger partial charge in [0, 0.05) is 12.1 Å². The summed E-state index contributed by atoms with van der Waals surface area (Å²) in [4.78, 5) is 14.9. The van der Waals surface area contributed by atoms with Gasteiger partial charge in [0.2, 0.25) is 0 Å². The number of halogens is 1. The molecule has 0 aliphatic heterocycles. The minimum absolute atomic E-state index is 0.164. The second-order valence-electron chi connectivity index (χ2n) is 7.90. The quantitative estimate of drug-likeness (QED) is 0.724. The van der Waals surface area contributed by atoms with Crippen molar-refractivity contribution in [3.63, 3.8) is 0 Å². The molecule has 0 spiro atoms. The third-order valence-electron chi connectivity index (χ3n) is 5.82. The van der Waals surface area contributed by atoms with Crippen LogP contribution in [-0.2, 0) is 12.8 Å². The summed E-state index contributed by atoms with van der Waals surface area (Å²) in [7, 11) is 4.09. The fourth-order valence-corrected chi connectivity index (χ4v) is 3.97. The molecule has 1 aliphatic rings. The molecular formula is C22H24FN5O. The average molecular weight is 393 g/mol. The van der Waals surface area contributed by atoms with Gasteiger partial charge in [0.1, 0.15) is 5.82 Å². The zero-order valence-corrected chi connectivity index (χ0v) is 16.8. The van der Waals surface area contributed by atoms with Crippen molar-refractivity contribution < 1.29 is 9.18 Å². The molecule has 0 radical (unpaired) electrons. The predicted molar refractivity (Wildman–Crippen MR) is 109 cm³/mol. The van der Waals surface area contributed by atoms with E-state index in [2.05, 4.69) is 44.8 Å². The van der Waals surface area contributed by atoms with E-state index in [-0.39, 0.29) is 23.0 Å². The Balaban J connectivity index is 1.48. The van der Waals surface area contributed by atoms with Gasteiger partial charge in [0.05, 0.1) is 11.9 Å². The van der Waals surface area contributed by atoms with E-state index in [9.17, 15) is 9.18 Å². The van der Waals surface area contributed by atoms with Crippen molar-refractivity contribution in [2.75, 3.05) is 20.6 Å². The Kier molecular flexibility index (Phi) is 4.92. The molecule has 0 saturated carbocycles. The Morgan fingerprint density at radius 2 is 1.90 bits per heavy atom. The van der Waals surface area contributed by atoms with Gasteiger partial charge >= 0.3 is 0 Å². The first-order valence-electron chi connectivity index (χ1n) is 9.59. The zero-order chi connectivity index (χ0) is 20.6. The number of amides is 1. The van der Waals surface area contributed by atoms with Crippen molar-refractivity contribution in [1.82, 2.24) is 25.2 Å². The maximum Gasteiger partial charge on any atom is 0.273 e. The van der Waals surface area contributed by atoms with Crippen molar-refractivity contribution in [1.29, 1.82) is 0 Å². The topological polar surface area (TPSA) is 63.1 Å². The molecule has 1 aromatic heterocycles. The molecule has 3 aromatic rings. The van der Waals surface area contributed by atoms with E-state index in [0.717, 1.165) is 18.4 Å². The van der Waals surface area contributed by atoms with Crippen molar-refractivity contribution in [3.8, 4) is 5.69 Å². The maximum atomic E-state index is 13.3. The molecule has 2 aromatic carbocycles. The van der Waals surface area contributed by atoms with Crippen molar-refractivity contribution >= 4 is 5.91 Å². The molecule has 1 aliphatic carbocycles. The fraction of sp³-hybridized carbons (Fsp3) is 0.318. The SMILES string of the molecule is Cc1cc(F)ccc1-n1cc(C(=O)NCC2(N(C)C)Cc3ccccc3C2)nn1. The maximum absolute atomic E-state index is 13.3. The molecule has 0 unspecified atom stereocenters. The summed E-state index contributed by atoms with van der Waals surface area (Å²) in [5.74, 6) is -0.580. The number of hydrogen-bond acceptors (Lipinski definition) is 4. The van der Waals surface area contributed by atoms with Gasteiger partial charge in [-0.3, -0.25) is 4.79 Å². The molecule has 6 nitrogen and oxygen atoms in total. The van der Waals surface area contributed by atoms with Gasteiger partial charge < -0.3 is 10.2 Å². The summed E-state index contributed by atoms with van der Waals surface area (Å²) in [6.07, 6.45) is 3.34. The average Bonchev–Trinajstić information content (AvgIpc) is 3.31. The van der Waals surface area contributed by atoms with Crippen LogP contribution in [0.1, 0.15) is 27.2 Å². The number of carbonyl (C=O) groups is 1. The first kappa shape index (κ1) is 19.3. The third-order valence-corrected chi connectivity index (χ3v) is 5.82. The smallest absolute Gasteiger partial charge is 0.273 e. The molecule has 0 bridgehead atoms. The first-order valence-corrected chi connectivity index (χ1v) is 9.59. The van der Waals surface area contributed by atoms with Crippen LogP contribution >= 0.6 is 0 Å². The fourth-order valence-electron chi connectivity index (χ4n) is 3.97. The van der Waals surface area contributed by atoms with Gasteiger partial charge in [-0.05, 0) is 68.8 Å². The summed E-state index contributed by atoms with van der Waals surface area (Å²) >= 11 is 0. The normalized spacial score (nSPS) is 14.8. The number of carbonyl (C=O) groups excluding carboxylic acids is 1. The monoisotopic (exact) mass is 393 g/mol. The highest BCUT2D eigenvalue weighted by atomic mass is 19.1. The van der Waals surface area contributed by atoms with Crippen LogP contribution < -0.4 is 5.32 Å². The minimum Gasteiger partial charge on any atom is -0.349 e. The predicted octanol–water partition coefficient (Wildman–Crippen LogP) is 2.54. The molecule has 0 atom stereocenters. The van der Waals surface area contributed by atoms with Crippen LogP contribution in [0.4, 0.5) is 4.39 Å². The highest BCUT2D eigenvalue weighted by Crippen LogP contribution is 2.33. The van der Waals surface area contributed by atoms with E-state index < -0.39 is 0 Å². The molecule has 0 saturated heterocycles. The summed E-state index contributed by atoms with van der Waals surface area (Å²) in [5, 5.41) is 11.1. The molecule has 150 valence electrons. The molecule has 0 fully saturated rings. The van der Waals surface area contributed by atoms with Crippen LogP contribution in [0.2, 0.25) is 0 Å². The van der Waals surface area contributed by atoms with E-state index in [1.165, 1.54) is 27.9 Å². The number of aromatic nitrogens is 3. The molecule has 29 heavy (non-hydrogen) atoms. The Labute approximate surface area is 169 Å². The number of likely N-dealkylation sites (N-methyl/N-ethyl adjacent to an activating group) is 1. The third kappa shape index (κ3) is 3.65. The highest BCUT2D eigenvalue weighted by Gasteiger charge is 2.39. The number of rotatable bonds is 5.